The Kier molecular flexibility index (Phi) is 6.83. The van der Waals surface area contributed by atoms with E-state index >= 15 is 0 Å². The van der Waals surface area contributed by atoms with Crippen molar-refractivity contribution >= 4 is 17.7 Å². The highest BCUT2D eigenvalue weighted by atomic mass is 32.2. The highest BCUT2D eigenvalue weighted by molar-refractivity contribution is 7.99. The van der Waals surface area contributed by atoms with Crippen molar-refractivity contribution in [3.05, 3.63) is 35.9 Å². The summed E-state index contributed by atoms with van der Waals surface area (Å²) in [6, 6.07) is 10.4. The molecule has 0 heterocycles. The Balaban J connectivity index is 2.22. The molecule has 0 saturated heterocycles. The maximum atomic E-state index is 11.6. The smallest absolute Gasteiger partial charge is 0.230 e. The van der Waals surface area contributed by atoms with Gasteiger partial charge in [-0.1, -0.05) is 37.3 Å². The topological polar surface area (TPSA) is 55.1 Å². The zero-order chi connectivity index (χ0) is 13.4. The molecule has 1 aromatic carbocycles. The number of amides is 1. The molecule has 100 valence electrons. The summed E-state index contributed by atoms with van der Waals surface area (Å²) in [6.45, 7) is 4.74. The van der Waals surface area contributed by atoms with Crippen LogP contribution >= 0.6 is 11.8 Å². The van der Waals surface area contributed by atoms with Gasteiger partial charge in [0.15, 0.2) is 0 Å². The maximum absolute atomic E-state index is 11.6. The van der Waals surface area contributed by atoms with E-state index in [1.54, 1.807) is 11.8 Å². The molecule has 0 spiro atoms. The molecule has 1 rings (SSSR count). The van der Waals surface area contributed by atoms with Crippen LogP contribution in [0.3, 0.4) is 0 Å². The summed E-state index contributed by atoms with van der Waals surface area (Å²) in [5, 5.41) is 2.95. The number of rotatable bonds is 7. The molecular weight excluding hydrogens is 244 g/mol. The minimum atomic E-state index is 0.0865. The molecule has 0 radical (unpaired) electrons. The number of benzene rings is 1. The normalized spacial score (nSPS) is 13.9. The van der Waals surface area contributed by atoms with Gasteiger partial charge in [-0.2, -0.15) is 11.8 Å². The lowest BCUT2D eigenvalue weighted by Crippen LogP contribution is -2.29. The van der Waals surface area contributed by atoms with E-state index in [0.717, 1.165) is 5.75 Å². The van der Waals surface area contributed by atoms with Crippen molar-refractivity contribution in [1.29, 1.82) is 0 Å². The predicted molar refractivity (Wildman–Crippen MR) is 78.8 cm³/mol. The van der Waals surface area contributed by atoms with Crippen molar-refractivity contribution in [3.8, 4) is 0 Å². The molecule has 0 aliphatic rings. The fraction of sp³-hybridized carbons (Fsp3) is 0.500. The second kappa shape index (κ2) is 8.16. The lowest BCUT2D eigenvalue weighted by atomic mass is 10.0. The molecule has 0 fully saturated rings. The molecule has 18 heavy (non-hydrogen) atoms. The van der Waals surface area contributed by atoms with Crippen molar-refractivity contribution in [1.82, 2.24) is 5.32 Å². The van der Waals surface area contributed by atoms with E-state index in [2.05, 4.69) is 24.4 Å². The van der Waals surface area contributed by atoms with Crippen molar-refractivity contribution in [2.24, 2.45) is 5.73 Å². The van der Waals surface area contributed by atoms with Gasteiger partial charge in [0, 0.05) is 18.3 Å². The Bertz CT molecular complexity index is 354. The van der Waals surface area contributed by atoms with Gasteiger partial charge < -0.3 is 11.1 Å². The van der Waals surface area contributed by atoms with Gasteiger partial charge in [-0.05, 0) is 18.4 Å². The monoisotopic (exact) mass is 266 g/mol. The first-order valence-electron chi connectivity index (χ1n) is 6.24. The summed E-state index contributed by atoms with van der Waals surface area (Å²) in [5.41, 5.74) is 6.88. The van der Waals surface area contributed by atoms with Crippen LogP contribution in [0.2, 0.25) is 0 Å². The second-order valence-electron chi connectivity index (χ2n) is 4.61. The Hall–Kier alpha value is -1.00. The third-order valence-corrected chi connectivity index (χ3v) is 3.82. The van der Waals surface area contributed by atoms with Crippen molar-refractivity contribution < 1.29 is 4.79 Å². The summed E-state index contributed by atoms with van der Waals surface area (Å²) in [7, 11) is 0. The minimum absolute atomic E-state index is 0.0865. The SMILES string of the molecule is CC(N)CSCC(=O)NCC(C)c1ccccc1. The third-order valence-electron chi connectivity index (χ3n) is 2.59. The fourth-order valence-electron chi connectivity index (χ4n) is 1.55. The molecule has 2 unspecified atom stereocenters. The summed E-state index contributed by atoms with van der Waals surface area (Å²) in [6.07, 6.45) is 0. The number of hydrogen-bond donors (Lipinski definition) is 2. The van der Waals surface area contributed by atoms with Crippen LogP contribution in [0.5, 0.6) is 0 Å². The van der Waals surface area contributed by atoms with Crippen LogP contribution in [0, 0.1) is 0 Å². The van der Waals surface area contributed by atoms with Crippen LogP contribution in [-0.4, -0.2) is 30.0 Å². The average Bonchev–Trinajstić information content (AvgIpc) is 2.36. The Labute approximate surface area is 114 Å². The van der Waals surface area contributed by atoms with Crippen LogP contribution in [0.15, 0.2) is 30.3 Å². The van der Waals surface area contributed by atoms with Crippen LogP contribution in [0.1, 0.15) is 25.3 Å². The largest absolute Gasteiger partial charge is 0.355 e. The van der Waals surface area contributed by atoms with Crippen molar-refractivity contribution in [2.75, 3.05) is 18.1 Å². The summed E-state index contributed by atoms with van der Waals surface area (Å²) < 4.78 is 0. The molecule has 0 aliphatic heterocycles. The lowest BCUT2D eigenvalue weighted by molar-refractivity contribution is -0.118. The number of thioether (sulfide) groups is 1. The van der Waals surface area contributed by atoms with Gasteiger partial charge in [0.05, 0.1) is 5.75 Å². The van der Waals surface area contributed by atoms with E-state index in [9.17, 15) is 4.79 Å². The first-order valence-corrected chi connectivity index (χ1v) is 7.40. The Morgan fingerprint density at radius 2 is 2.00 bits per heavy atom. The molecule has 1 aromatic rings. The van der Waals surface area contributed by atoms with Crippen LogP contribution in [0.25, 0.3) is 0 Å². The van der Waals surface area contributed by atoms with E-state index in [1.807, 2.05) is 25.1 Å². The van der Waals surface area contributed by atoms with Gasteiger partial charge in [-0.3, -0.25) is 4.79 Å². The standard InChI is InChI=1S/C14H22N2OS/c1-11(13-6-4-3-5-7-13)8-16-14(17)10-18-9-12(2)15/h3-7,11-12H,8-10,15H2,1-2H3,(H,16,17). The maximum Gasteiger partial charge on any atom is 0.230 e. The Morgan fingerprint density at radius 3 is 2.61 bits per heavy atom. The summed E-state index contributed by atoms with van der Waals surface area (Å²) >= 11 is 1.58. The van der Waals surface area contributed by atoms with Gasteiger partial charge in [0.2, 0.25) is 5.91 Å². The van der Waals surface area contributed by atoms with E-state index in [0.29, 0.717) is 18.2 Å². The lowest BCUT2D eigenvalue weighted by Gasteiger charge is -2.13. The van der Waals surface area contributed by atoms with Crippen molar-refractivity contribution in [3.63, 3.8) is 0 Å². The van der Waals surface area contributed by atoms with E-state index < -0.39 is 0 Å². The van der Waals surface area contributed by atoms with Gasteiger partial charge in [0.25, 0.3) is 0 Å². The molecule has 2 atom stereocenters. The molecule has 0 aromatic heterocycles. The molecule has 3 nitrogen and oxygen atoms in total. The molecule has 1 amide bonds. The zero-order valence-electron chi connectivity index (χ0n) is 11.1. The Morgan fingerprint density at radius 1 is 1.33 bits per heavy atom. The van der Waals surface area contributed by atoms with E-state index in [-0.39, 0.29) is 11.9 Å². The second-order valence-corrected chi connectivity index (χ2v) is 5.64. The molecule has 3 N–H and O–H groups in total. The molecule has 0 saturated carbocycles. The first kappa shape index (κ1) is 15.1. The quantitative estimate of drug-likeness (QED) is 0.793. The first-order chi connectivity index (χ1) is 8.59. The number of nitrogens with one attached hydrogen (secondary N) is 1. The predicted octanol–water partition coefficient (Wildman–Crippen LogP) is 1.99. The average molecular weight is 266 g/mol. The number of nitrogens with two attached hydrogens (primary N) is 1. The van der Waals surface area contributed by atoms with Gasteiger partial charge in [0.1, 0.15) is 0 Å². The van der Waals surface area contributed by atoms with Crippen LogP contribution < -0.4 is 11.1 Å². The fourth-order valence-corrected chi connectivity index (χ4v) is 2.33. The number of carbonyl (C=O) groups is 1. The van der Waals surface area contributed by atoms with Crippen molar-refractivity contribution in [2.45, 2.75) is 25.8 Å². The summed E-state index contributed by atoms with van der Waals surface area (Å²) in [4.78, 5) is 11.6. The molecule has 0 bridgehead atoms. The highest BCUT2D eigenvalue weighted by Gasteiger charge is 2.07. The van der Waals surface area contributed by atoms with Crippen LogP contribution in [0.4, 0.5) is 0 Å². The van der Waals surface area contributed by atoms with E-state index in [4.69, 9.17) is 5.73 Å². The number of hydrogen-bond acceptors (Lipinski definition) is 3. The molecule has 0 aliphatic carbocycles. The van der Waals surface area contributed by atoms with Crippen LogP contribution in [-0.2, 0) is 4.79 Å². The van der Waals surface area contributed by atoms with Gasteiger partial charge in [-0.25, -0.2) is 0 Å². The molecule has 4 heteroatoms. The molecular formula is C14H22N2OS. The van der Waals surface area contributed by atoms with E-state index in [1.165, 1.54) is 5.56 Å². The summed E-state index contributed by atoms with van der Waals surface area (Å²) in [5.74, 6) is 1.74. The number of carbonyl (C=O) groups excluding carboxylic acids is 1. The van der Waals surface area contributed by atoms with Gasteiger partial charge in [-0.15, -0.1) is 0 Å². The zero-order valence-corrected chi connectivity index (χ0v) is 11.9. The minimum Gasteiger partial charge on any atom is -0.355 e. The highest BCUT2D eigenvalue weighted by Crippen LogP contribution is 2.13. The third kappa shape index (κ3) is 6.07. The van der Waals surface area contributed by atoms with Gasteiger partial charge >= 0.3 is 0 Å².